The summed E-state index contributed by atoms with van der Waals surface area (Å²) in [5.41, 5.74) is 0.902. The predicted octanol–water partition coefficient (Wildman–Crippen LogP) is 2.84. The van der Waals surface area contributed by atoms with E-state index in [1.54, 1.807) is 6.07 Å². The summed E-state index contributed by atoms with van der Waals surface area (Å²) in [7, 11) is 0. The van der Waals surface area contributed by atoms with Crippen LogP contribution in [0.25, 0.3) is 0 Å². The van der Waals surface area contributed by atoms with Gasteiger partial charge in [-0.3, -0.25) is 0 Å². The number of carbonyl (C=O) groups excluding carboxylic acids is 1. The molecule has 1 aromatic carbocycles. The standard InChI is InChI=1S/C12H13FO2/c1-8-5-6-11(13)10(7-8)12(14)15-9-3-2-4-9/h5-7,9H,2-4H2,1H3. The van der Waals surface area contributed by atoms with Crippen LogP contribution >= 0.6 is 0 Å². The highest BCUT2D eigenvalue weighted by molar-refractivity contribution is 5.90. The number of hydrogen-bond donors (Lipinski definition) is 0. The summed E-state index contributed by atoms with van der Waals surface area (Å²) in [6, 6.07) is 4.46. The van der Waals surface area contributed by atoms with Crippen LogP contribution in [-0.2, 0) is 4.74 Å². The highest BCUT2D eigenvalue weighted by Crippen LogP contribution is 2.23. The van der Waals surface area contributed by atoms with E-state index in [1.165, 1.54) is 12.1 Å². The Hall–Kier alpha value is -1.38. The van der Waals surface area contributed by atoms with E-state index in [2.05, 4.69) is 0 Å². The SMILES string of the molecule is Cc1ccc(F)c(C(=O)OC2CCC2)c1. The van der Waals surface area contributed by atoms with E-state index >= 15 is 0 Å². The second-order valence-corrected chi connectivity index (χ2v) is 3.94. The van der Waals surface area contributed by atoms with Crippen molar-refractivity contribution in [2.24, 2.45) is 0 Å². The van der Waals surface area contributed by atoms with Crippen LogP contribution in [0.1, 0.15) is 35.2 Å². The molecule has 80 valence electrons. The van der Waals surface area contributed by atoms with Gasteiger partial charge in [0.1, 0.15) is 11.9 Å². The molecule has 0 N–H and O–H groups in total. The van der Waals surface area contributed by atoms with Crippen LogP contribution in [0.4, 0.5) is 4.39 Å². The fourth-order valence-corrected chi connectivity index (χ4v) is 1.50. The summed E-state index contributed by atoms with van der Waals surface area (Å²) in [5, 5.41) is 0. The largest absolute Gasteiger partial charge is 0.459 e. The average molecular weight is 208 g/mol. The minimum absolute atomic E-state index is 0.00240. The second kappa shape index (κ2) is 4.01. The predicted molar refractivity (Wildman–Crippen MR) is 54.2 cm³/mol. The number of hydrogen-bond acceptors (Lipinski definition) is 2. The lowest BCUT2D eigenvalue weighted by molar-refractivity contribution is 0.00853. The van der Waals surface area contributed by atoms with Gasteiger partial charge in [0, 0.05) is 0 Å². The number of halogens is 1. The molecule has 0 amide bonds. The average Bonchev–Trinajstić information content (AvgIpc) is 2.15. The molecule has 0 aliphatic heterocycles. The van der Waals surface area contributed by atoms with Gasteiger partial charge in [-0.1, -0.05) is 11.6 Å². The Bertz CT molecular complexity index is 383. The van der Waals surface area contributed by atoms with E-state index in [0.29, 0.717) is 0 Å². The minimum atomic E-state index is -0.541. The van der Waals surface area contributed by atoms with Crippen molar-refractivity contribution >= 4 is 5.97 Å². The number of esters is 1. The number of carbonyl (C=O) groups is 1. The highest BCUT2D eigenvalue weighted by Gasteiger charge is 2.23. The van der Waals surface area contributed by atoms with Gasteiger partial charge in [0.15, 0.2) is 0 Å². The van der Waals surface area contributed by atoms with Gasteiger partial charge in [-0.05, 0) is 38.3 Å². The molecule has 1 aliphatic rings. The zero-order chi connectivity index (χ0) is 10.8. The lowest BCUT2D eigenvalue weighted by atomic mass is 9.96. The van der Waals surface area contributed by atoms with E-state index in [-0.39, 0.29) is 11.7 Å². The van der Waals surface area contributed by atoms with E-state index in [1.807, 2.05) is 6.92 Å². The molecule has 0 bridgehead atoms. The van der Waals surface area contributed by atoms with Crippen LogP contribution in [0.15, 0.2) is 18.2 Å². The molecular weight excluding hydrogens is 195 g/mol. The van der Waals surface area contributed by atoms with Gasteiger partial charge in [0.05, 0.1) is 5.56 Å². The lowest BCUT2D eigenvalue weighted by Gasteiger charge is -2.25. The Morgan fingerprint density at radius 1 is 1.47 bits per heavy atom. The molecule has 0 aromatic heterocycles. The smallest absolute Gasteiger partial charge is 0.341 e. The van der Waals surface area contributed by atoms with Gasteiger partial charge in [0.25, 0.3) is 0 Å². The van der Waals surface area contributed by atoms with Crippen molar-refractivity contribution in [3.8, 4) is 0 Å². The van der Waals surface area contributed by atoms with Crippen molar-refractivity contribution in [3.05, 3.63) is 35.1 Å². The van der Waals surface area contributed by atoms with Crippen molar-refractivity contribution in [3.63, 3.8) is 0 Å². The van der Waals surface area contributed by atoms with Gasteiger partial charge < -0.3 is 4.74 Å². The van der Waals surface area contributed by atoms with Crippen LogP contribution in [-0.4, -0.2) is 12.1 Å². The molecule has 0 radical (unpaired) electrons. The van der Waals surface area contributed by atoms with Crippen LogP contribution < -0.4 is 0 Å². The molecule has 0 atom stereocenters. The molecule has 2 rings (SSSR count). The maximum absolute atomic E-state index is 13.3. The first-order valence-corrected chi connectivity index (χ1v) is 5.14. The third-order valence-corrected chi connectivity index (χ3v) is 2.67. The van der Waals surface area contributed by atoms with Gasteiger partial charge in [-0.15, -0.1) is 0 Å². The zero-order valence-corrected chi connectivity index (χ0v) is 8.63. The summed E-state index contributed by atoms with van der Waals surface area (Å²) in [6.07, 6.45) is 2.89. The minimum Gasteiger partial charge on any atom is -0.459 e. The van der Waals surface area contributed by atoms with Crippen LogP contribution in [0, 0.1) is 12.7 Å². The van der Waals surface area contributed by atoms with Gasteiger partial charge in [0.2, 0.25) is 0 Å². The van der Waals surface area contributed by atoms with E-state index in [4.69, 9.17) is 4.74 Å². The normalized spacial score (nSPS) is 15.9. The molecule has 0 spiro atoms. The maximum Gasteiger partial charge on any atom is 0.341 e. The van der Waals surface area contributed by atoms with Crippen molar-refractivity contribution in [1.29, 1.82) is 0 Å². The maximum atomic E-state index is 13.3. The van der Waals surface area contributed by atoms with Crippen LogP contribution in [0.5, 0.6) is 0 Å². The van der Waals surface area contributed by atoms with Crippen molar-refractivity contribution in [2.45, 2.75) is 32.3 Å². The number of aryl methyl sites for hydroxylation is 1. The summed E-state index contributed by atoms with van der Waals surface area (Å²) >= 11 is 0. The highest BCUT2D eigenvalue weighted by atomic mass is 19.1. The summed E-state index contributed by atoms with van der Waals surface area (Å²) in [6.45, 7) is 1.82. The fourth-order valence-electron chi connectivity index (χ4n) is 1.50. The van der Waals surface area contributed by atoms with Crippen LogP contribution in [0.3, 0.4) is 0 Å². The lowest BCUT2D eigenvalue weighted by Crippen LogP contribution is -2.25. The Balaban J connectivity index is 2.12. The number of rotatable bonds is 2. The number of ether oxygens (including phenoxy) is 1. The Morgan fingerprint density at radius 3 is 2.80 bits per heavy atom. The first-order chi connectivity index (χ1) is 7.16. The summed E-state index contributed by atoms with van der Waals surface area (Å²) in [4.78, 5) is 11.6. The molecule has 0 unspecified atom stereocenters. The summed E-state index contributed by atoms with van der Waals surface area (Å²) < 4.78 is 18.4. The second-order valence-electron chi connectivity index (χ2n) is 3.94. The first-order valence-electron chi connectivity index (χ1n) is 5.14. The Kier molecular flexibility index (Phi) is 2.71. The molecule has 2 nitrogen and oxygen atoms in total. The van der Waals surface area contributed by atoms with Crippen molar-refractivity contribution in [2.75, 3.05) is 0 Å². The monoisotopic (exact) mass is 208 g/mol. The fraction of sp³-hybridized carbons (Fsp3) is 0.417. The quantitative estimate of drug-likeness (QED) is 0.698. The third-order valence-electron chi connectivity index (χ3n) is 2.67. The van der Waals surface area contributed by atoms with Crippen molar-refractivity contribution < 1.29 is 13.9 Å². The molecule has 1 aromatic rings. The van der Waals surface area contributed by atoms with Gasteiger partial charge >= 0.3 is 5.97 Å². The first kappa shape index (κ1) is 10.1. The van der Waals surface area contributed by atoms with Crippen LogP contribution in [0.2, 0.25) is 0 Å². The zero-order valence-electron chi connectivity index (χ0n) is 8.63. The molecule has 1 aliphatic carbocycles. The number of benzene rings is 1. The Labute approximate surface area is 88.1 Å². The van der Waals surface area contributed by atoms with Crippen molar-refractivity contribution in [1.82, 2.24) is 0 Å². The van der Waals surface area contributed by atoms with E-state index < -0.39 is 11.8 Å². The third kappa shape index (κ3) is 2.17. The molecule has 0 heterocycles. The van der Waals surface area contributed by atoms with E-state index in [9.17, 15) is 9.18 Å². The molecule has 1 saturated carbocycles. The summed E-state index contributed by atoms with van der Waals surface area (Å²) in [5.74, 6) is -1.05. The molecule has 15 heavy (non-hydrogen) atoms. The molecule has 1 fully saturated rings. The van der Waals surface area contributed by atoms with Gasteiger partial charge in [-0.25, -0.2) is 9.18 Å². The molecule has 0 saturated heterocycles. The van der Waals surface area contributed by atoms with Gasteiger partial charge in [-0.2, -0.15) is 0 Å². The Morgan fingerprint density at radius 2 is 2.20 bits per heavy atom. The molecule has 3 heteroatoms. The van der Waals surface area contributed by atoms with E-state index in [0.717, 1.165) is 24.8 Å². The topological polar surface area (TPSA) is 26.3 Å². The molecular formula is C12H13FO2.